The smallest absolute Gasteiger partial charge is 0.303 e. The first kappa shape index (κ1) is 58.1. The van der Waals surface area contributed by atoms with Crippen LogP contribution >= 0.6 is 0 Å². The van der Waals surface area contributed by atoms with E-state index in [0.717, 1.165) is 44.1 Å². The number of carbonyl (C=O) groups is 4. The lowest BCUT2D eigenvalue weighted by molar-refractivity contribution is -0.231. The van der Waals surface area contributed by atoms with E-state index in [9.17, 15) is 34.5 Å². The molecule has 65 heavy (non-hydrogen) atoms. The summed E-state index contributed by atoms with van der Waals surface area (Å²) in [5.41, 5.74) is 0.806. The van der Waals surface area contributed by atoms with Gasteiger partial charge in [0.15, 0.2) is 6.23 Å². The number of carboxylic acid groups (broad SMARTS) is 1. The van der Waals surface area contributed by atoms with Crippen molar-refractivity contribution in [3.8, 4) is 0 Å². The Balaban J connectivity index is 2.12. The van der Waals surface area contributed by atoms with Crippen LogP contribution < -0.4 is 10.6 Å². The molecule has 1 aliphatic rings. The summed E-state index contributed by atoms with van der Waals surface area (Å²) in [5, 5.41) is 47.6. The topological polar surface area (TPSA) is 186 Å². The highest BCUT2D eigenvalue weighted by Gasteiger charge is 2.48. The number of nitrogens with zero attached hydrogens (tertiary/aromatic N) is 1. The van der Waals surface area contributed by atoms with Crippen LogP contribution in [0.4, 0.5) is 0 Å². The van der Waals surface area contributed by atoms with Gasteiger partial charge in [0.25, 0.3) is 0 Å². The van der Waals surface area contributed by atoms with Crippen molar-refractivity contribution in [2.45, 2.75) is 262 Å². The van der Waals surface area contributed by atoms with E-state index in [1.54, 1.807) is 4.90 Å². The number of unbranched alkanes of at least 4 members (excludes halogenated alkanes) is 26. The zero-order valence-electron chi connectivity index (χ0n) is 40.9. The van der Waals surface area contributed by atoms with Crippen LogP contribution in [-0.4, -0.2) is 98.8 Å². The standard InChI is InChI=1S/C53H93N3O9/c1-3-5-7-9-11-13-15-16-17-18-19-20-22-24-32-38-47(59)56(40-34-27-23-21-14-12-10-8-6-4-2)53-49(51(63)50(62)45(42-57)65-53)55-52(64)44(41-43-35-29-28-30-36-43)54-46(58)37-31-25-26-33-39-48(60)61/h28-30,35-36,44-45,49-51,53,57,62-63H,3-27,31-34,37-42H2,1-2H3,(H,54,58)(H,55,64)(H,60,61)/t44-,45+,49-,50+,51+,53+/m0/s1. The number of hydrogen-bond acceptors (Lipinski definition) is 8. The molecule has 12 nitrogen and oxygen atoms in total. The van der Waals surface area contributed by atoms with E-state index >= 15 is 0 Å². The molecule has 1 heterocycles. The second-order valence-electron chi connectivity index (χ2n) is 18.8. The largest absolute Gasteiger partial charge is 0.481 e. The van der Waals surface area contributed by atoms with E-state index < -0.39 is 55.1 Å². The maximum absolute atomic E-state index is 14.3. The van der Waals surface area contributed by atoms with E-state index in [2.05, 4.69) is 24.5 Å². The van der Waals surface area contributed by atoms with Crippen LogP contribution in [0.25, 0.3) is 0 Å². The molecule has 1 aromatic carbocycles. The van der Waals surface area contributed by atoms with Crippen LogP contribution in [0, 0.1) is 0 Å². The molecule has 6 N–H and O–H groups in total. The third-order valence-corrected chi connectivity index (χ3v) is 13.1. The minimum absolute atomic E-state index is 0.0821. The van der Waals surface area contributed by atoms with Gasteiger partial charge < -0.3 is 40.7 Å². The van der Waals surface area contributed by atoms with Crippen molar-refractivity contribution in [1.82, 2.24) is 15.5 Å². The number of hydrogen-bond donors (Lipinski definition) is 6. The minimum atomic E-state index is -1.57. The SMILES string of the molecule is CCCCCCCCCCCCCCCCCC(=O)N(CCCCCCCCCCCC)[C@@H]1O[C@H](CO)[C@@H](O)[C@H](O)[C@@H]1NC(=O)[C@H](Cc1ccccc1)NC(=O)CCCCCCC(=O)O. The molecule has 1 saturated heterocycles. The highest BCUT2D eigenvalue weighted by molar-refractivity contribution is 5.88. The molecule has 1 aromatic rings. The molecule has 12 heteroatoms. The van der Waals surface area contributed by atoms with Gasteiger partial charge in [-0.25, -0.2) is 0 Å². The number of aliphatic hydroxyl groups is 3. The Morgan fingerprint density at radius 3 is 1.52 bits per heavy atom. The Morgan fingerprint density at radius 1 is 0.600 bits per heavy atom. The molecule has 0 aliphatic carbocycles. The maximum Gasteiger partial charge on any atom is 0.303 e. The van der Waals surface area contributed by atoms with Gasteiger partial charge in [-0.15, -0.1) is 0 Å². The lowest BCUT2D eigenvalue weighted by Gasteiger charge is -2.47. The molecule has 3 amide bonds. The molecule has 0 unspecified atom stereocenters. The number of amides is 3. The van der Waals surface area contributed by atoms with Crippen molar-refractivity contribution in [2.75, 3.05) is 13.2 Å². The molecule has 0 spiro atoms. The van der Waals surface area contributed by atoms with Crippen LogP contribution in [0.1, 0.15) is 225 Å². The van der Waals surface area contributed by atoms with Crippen molar-refractivity contribution in [3.63, 3.8) is 0 Å². The summed E-state index contributed by atoms with van der Waals surface area (Å²) >= 11 is 0. The zero-order valence-corrected chi connectivity index (χ0v) is 40.9. The Bertz CT molecular complexity index is 1370. The average Bonchev–Trinajstić information content (AvgIpc) is 3.29. The van der Waals surface area contributed by atoms with E-state index in [4.69, 9.17) is 9.84 Å². The van der Waals surface area contributed by atoms with Gasteiger partial charge in [-0.2, -0.15) is 0 Å². The third-order valence-electron chi connectivity index (χ3n) is 13.1. The van der Waals surface area contributed by atoms with Crippen molar-refractivity contribution in [3.05, 3.63) is 35.9 Å². The predicted molar refractivity (Wildman–Crippen MR) is 260 cm³/mol. The van der Waals surface area contributed by atoms with E-state index in [0.29, 0.717) is 45.1 Å². The molecular weight excluding hydrogens is 823 g/mol. The first-order valence-electron chi connectivity index (χ1n) is 26.4. The van der Waals surface area contributed by atoms with E-state index in [1.165, 1.54) is 109 Å². The quantitative estimate of drug-likeness (QED) is 0.0348. The van der Waals surface area contributed by atoms with Crippen LogP contribution in [0.3, 0.4) is 0 Å². The number of ether oxygens (including phenoxy) is 1. The molecule has 1 fully saturated rings. The molecule has 0 aromatic heterocycles. The van der Waals surface area contributed by atoms with Crippen molar-refractivity contribution >= 4 is 23.7 Å². The summed E-state index contributed by atoms with van der Waals surface area (Å²) in [7, 11) is 0. The van der Waals surface area contributed by atoms with Crippen LogP contribution in [0.2, 0.25) is 0 Å². The number of benzene rings is 1. The number of carbonyl (C=O) groups excluding carboxylic acids is 3. The fourth-order valence-electron chi connectivity index (χ4n) is 8.98. The average molecular weight is 916 g/mol. The van der Waals surface area contributed by atoms with Crippen LogP contribution in [-0.2, 0) is 30.3 Å². The van der Waals surface area contributed by atoms with Gasteiger partial charge in [0.1, 0.15) is 30.4 Å². The third kappa shape index (κ3) is 26.8. The van der Waals surface area contributed by atoms with Gasteiger partial charge >= 0.3 is 5.97 Å². The van der Waals surface area contributed by atoms with E-state index in [1.807, 2.05) is 30.3 Å². The summed E-state index contributed by atoms with van der Waals surface area (Å²) in [6.45, 7) is 4.23. The van der Waals surface area contributed by atoms with Gasteiger partial charge in [0.2, 0.25) is 17.7 Å². The van der Waals surface area contributed by atoms with Crippen molar-refractivity contribution in [1.29, 1.82) is 0 Å². The molecule has 0 bridgehead atoms. The number of rotatable bonds is 41. The monoisotopic (exact) mass is 916 g/mol. The highest BCUT2D eigenvalue weighted by Crippen LogP contribution is 2.26. The second kappa shape index (κ2) is 38.0. The molecule has 1 aliphatic heterocycles. The van der Waals surface area contributed by atoms with Gasteiger partial charge in [0.05, 0.1) is 6.61 Å². The van der Waals surface area contributed by atoms with Crippen LogP contribution in [0.15, 0.2) is 30.3 Å². The van der Waals surface area contributed by atoms with Gasteiger partial charge in [0, 0.05) is 32.2 Å². The molecule has 0 saturated carbocycles. The first-order chi connectivity index (χ1) is 31.6. The highest BCUT2D eigenvalue weighted by atomic mass is 16.5. The van der Waals surface area contributed by atoms with Crippen molar-refractivity contribution < 1.29 is 44.3 Å². The lowest BCUT2D eigenvalue weighted by atomic mass is 9.94. The Kier molecular flexibility index (Phi) is 33.9. The second-order valence-corrected chi connectivity index (χ2v) is 18.8. The van der Waals surface area contributed by atoms with Gasteiger partial charge in [-0.05, 0) is 31.2 Å². The number of carboxylic acids is 1. The number of nitrogens with one attached hydrogen (secondary N) is 2. The lowest BCUT2D eigenvalue weighted by Crippen LogP contribution is -2.70. The maximum atomic E-state index is 14.3. The fourth-order valence-corrected chi connectivity index (χ4v) is 8.98. The Morgan fingerprint density at radius 2 is 1.05 bits per heavy atom. The summed E-state index contributed by atoms with van der Waals surface area (Å²) in [5.74, 6) is -1.93. The normalized spacial score (nSPS) is 18.9. The first-order valence-corrected chi connectivity index (χ1v) is 26.4. The summed E-state index contributed by atoms with van der Waals surface area (Å²) in [4.78, 5) is 54.2. The molecule has 0 radical (unpaired) electrons. The summed E-state index contributed by atoms with van der Waals surface area (Å²) in [6, 6.07) is 6.99. The summed E-state index contributed by atoms with van der Waals surface area (Å²) in [6.07, 6.45) is 27.2. The number of aliphatic hydroxyl groups excluding tert-OH is 3. The summed E-state index contributed by atoms with van der Waals surface area (Å²) < 4.78 is 6.27. The molecular formula is C53H93N3O9. The minimum Gasteiger partial charge on any atom is -0.481 e. The number of aliphatic carboxylic acids is 1. The fraction of sp³-hybridized carbons (Fsp3) is 0.811. The Hall–Kier alpha value is -3.06. The molecule has 2 rings (SSSR count). The van der Waals surface area contributed by atoms with Gasteiger partial charge in [-0.1, -0.05) is 205 Å². The van der Waals surface area contributed by atoms with E-state index in [-0.39, 0.29) is 37.5 Å². The molecule has 6 atom stereocenters. The van der Waals surface area contributed by atoms with Crippen LogP contribution in [0.5, 0.6) is 0 Å². The Labute approximate surface area is 393 Å². The van der Waals surface area contributed by atoms with Gasteiger partial charge in [-0.3, -0.25) is 19.2 Å². The zero-order chi connectivity index (χ0) is 47.3. The van der Waals surface area contributed by atoms with Crippen molar-refractivity contribution in [2.24, 2.45) is 0 Å². The molecule has 374 valence electrons. The predicted octanol–water partition coefficient (Wildman–Crippen LogP) is 10.1.